The molecule has 5 nitrogen and oxygen atoms in total. The molecule has 1 amide bonds. The van der Waals surface area contributed by atoms with E-state index in [1.807, 2.05) is 25.1 Å². The summed E-state index contributed by atoms with van der Waals surface area (Å²) in [6.45, 7) is 3.01. The summed E-state index contributed by atoms with van der Waals surface area (Å²) in [6.07, 6.45) is 0. The third-order valence-corrected chi connectivity index (χ3v) is 7.23. The highest BCUT2D eigenvalue weighted by Crippen LogP contribution is 2.25. The fraction of sp³-hybridized carbons (Fsp3) is 0.316. The number of benzene rings is 2. The van der Waals surface area contributed by atoms with Gasteiger partial charge in [0.1, 0.15) is 5.82 Å². The van der Waals surface area contributed by atoms with Crippen LogP contribution < -0.4 is 0 Å². The topological polar surface area (TPSA) is 57.7 Å². The van der Waals surface area contributed by atoms with E-state index < -0.39 is 15.8 Å². The molecule has 0 bridgehead atoms. The second-order valence-corrected chi connectivity index (χ2v) is 9.33. The van der Waals surface area contributed by atoms with Crippen molar-refractivity contribution in [3.63, 3.8) is 0 Å². The number of halogens is 1. The zero-order valence-electron chi connectivity index (χ0n) is 15.0. The van der Waals surface area contributed by atoms with Crippen molar-refractivity contribution < 1.29 is 17.6 Å². The predicted octanol–water partition coefficient (Wildman–Crippen LogP) is 3.08. The van der Waals surface area contributed by atoms with Crippen molar-refractivity contribution in [2.75, 3.05) is 31.9 Å². The number of hydrogen-bond donors (Lipinski definition) is 0. The van der Waals surface area contributed by atoms with Gasteiger partial charge in [-0.05, 0) is 36.1 Å². The molecule has 3 rings (SSSR count). The first-order valence-electron chi connectivity index (χ1n) is 8.70. The molecule has 2 aromatic carbocycles. The van der Waals surface area contributed by atoms with Crippen LogP contribution in [0.4, 0.5) is 4.39 Å². The number of carbonyl (C=O) groups is 1. The van der Waals surface area contributed by atoms with Crippen LogP contribution in [0, 0.1) is 5.82 Å². The first kappa shape index (κ1) is 19.9. The predicted molar refractivity (Wildman–Crippen MR) is 104 cm³/mol. The van der Waals surface area contributed by atoms with Gasteiger partial charge in [0.05, 0.1) is 10.5 Å². The lowest BCUT2D eigenvalue weighted by Gasteiger charge is -2.34. The second-order valence-electron chi connectivity index (χ2n) is 6.08. The van der Waals surface area contributed by atoms with Crippen molar-refractivity contribution in [1.82, 2.24) is 9.21 Å². The fourth-order valence-corrected chi connectivity index (χ4v) is 5.25. The lowest BCUT2D eigenvalue weighted by Crippen LogP contribution is -2.50. The summed E-state index contributed by atoms with van der Waals surface area (Å²) in [4.78, 5) is 15.4. The maximum Gasteiger partial charge on any atom is 0.255 e. The lowest BCUT2D eigenvalue weighted by molar-refractivity contribution is 0.0694. The van der Waals surface area contributed by atoms with Gasteiger partial charge < -0.3 is 4.90 Å². The molecule has 0 spiro atoms. The molecule has 0 aliphatic carbocycles. The van der Waals surface area contributed by atoms with Crippen molar-refractivity contribution in [3.8, 4) is 0 Å². The third kappa shape index (κ3) is 4.34. The average molecular weight is 409 g/mol. The monoisotopic (exact) mass is 408 g/mol. The SMILES string of the molecule is CCSc1ccccc1C(=O)N1CCN(S(=O)(=O)c2cccc(F)c2)CC1. The van der Waals surface area contributed by atoms with Crippen molar-refractivity contribution in [3.05, 3.63) is 59.9 Å². The van der Waals surface area contributed by atoms with Crippen LogP contribution in [0.1, 0.15) is 17.3 Å². The molecule has 1 saturated heterocycles. The Morgan fingerprint density at radius 2 is 1.78 bits per heavy atom. The Bertz CT molecular complexity index is 926. The molecule has 2 aromatic rings. The van der Waals surface area contributed by atoms with E-state index in [0.29, 0.717) is 18.7 Å². The molecule has 27 heavy (non-hydrogen) atoms. The maximum absolute atomic E-state index is 13.4. The molecule has 144 valence electrons. The molecule has 0 aromatic heterocycles. The summed E-state index contributed by atoms with van der Waals surface area (Å²) >= 11 is 1.61. The van der Waals surface area contributed by atoms with Gasteiger partial charge in [-0.2, -0.15) is 4.31 Å². The Hall–Kier alpha value is -1.90. The molecule has 1 aliphatic heterocycles. The summed E-state index contributed by atoms with van der Waals surface area (Å²) in [5.41, 5.74) is 0.644. The highest BCUT2D eigenvalue weighted by atomic mass is 32.2. The zero-order valence-corrected chi connectivity index (χ0v) is 16.6. The van der Waals surface area contributed by atoms with E-state index in [-0.39, 0.29) is 23.9 Å². The maximum atomic E-state index is 13.4. The van der Waals surface area contributed by atoms with Gasteiger partial charge in [-0.25, -0.2) is 12.8 Å². The molecule has 0 saturated carbocycles. The van der Waals surface area contributed by atoms with Crippen LogP contribution in [0.2, 0.25) is 0 Å². The Morgan fingerprint density at radius 1 is 1.07 bits per heavy atom. The number of piperazine rings is 1. The minimum Gasteiger partial charge on any atom is -0.336 e. The van der Waals surface area contributed by atoms with Gasteiger partial charge in [0.2, 0.25) is 10.0 Å². The fourth-order valence-electron chi connectivity index (χ4n) is 3.00. The lowest BCUT2D eigenvalue weighted by atomic mass is 10.2. The highest BCUT2D eigenvalue weighted by Gasteiger charge is 2.31. The van der Waals surface area contributed by atoms with Crippen LogP contribution in [0.15, 0.2) is 58.3 Å². The number of carbonyl (C=O) groups excluding carboxylic acids is 1. The standard InChI is InChI=1S/C19H21FN2O3S2/c1-2-26-18-9-4-3-8-17(18)19(23)21-10-12-22(13-11-21)27(24,25)16-7-5-6-15(20)14-16/h3-9,14H,2,10-13H2,1H3. The summed E-state index contributed by atoms with van der Waals surface area (Å²) in [5.74, 6) is 0.188. The quantitative estimate of drug-likeness (QED) is 0.714. The van der Waals surface area contributed by atoms with Crippen molar-refractivity contribution in [1.29, 1.82) is 0 Å². The molecule has 0 atom stereocenters. The Balaban J connectivity index is 1.71. The second kappa shape index (κ2) is 8.41. The smallest absolute Gasteiger partial charge is 0.255 e. The number of rotatable bonds is 5. The van der Waals surface area contributed by atoms with E-state index in [2.05, 4.69) is 0 Å². The molecule has 1 heterocycles. The molecule has 1 aliphatic rings. The van der Waals surface area contributed by atoms with E-state index in [4.69, 9.17) is 0 Å². The van der Waals surface area contributed by atoms with Gasteiger partial charge in [0.15, 0.2) is 0 Å². The van der Waals surface area contributed by atoms with E-state index in [1.165, 1.54) is 22.5 Å². The van der Waals surface area contributed by atoms with Crippen LogP contribution >= 0.6 is 11.8 Å². The number of sulfonamides is 1. The Kier molecular flexibility index (Phi) is 6.18. The summed E-state index contributed by atoms with van der Waals surface area (Å²) < 4.78 is 40.0. The van der Waals surface area contributed by atoms with E-state index in [1.54, 1.807) is 22.7 Å². The minimum atomic E-state index is -3.76. The van der Waals surface area contributed by atoms with Gasteiger partial charge >= 0.3 is 0 Å². The molecule has 0 N–H and O–H groups in total. The molecule has 8 heteroatoms. The Labute approximate surface area is 163 Å². The van der Waals surface area contributed by atoms with E-state index >= 15 is 0 Å². The summed E-state index contributed by atoms with van der Waals surface area (Å²) in [6, 6.07) is 12.4. The first-order chi connectivity index (χ1) is 12.9. The van der Waals surface area contributed by atoms with Crippen LogP contribution in [0.5, 0.6) is 0 Å². The van der Waals surface area contributed by atoms with Crippen LogP contribution in [-0.2, 0) is 10.0 Å². The largest absolute Gasteiger partial charge is 0.336 e. The summed E-state index contributed by atoms with van der Waals surface area (Å²) in [5, 5.41) is 0. The van der Waals surface area contributed by atoms with Gasteiger partial charge in [-0.15, -0.1) is 11.8 Å². The van der Waals surface area contributed by atoms with Gasteiger partial charge in [0, 0.05) is 31.1 Å². The molecular formula is C19H21FN2O3S2. The Morgan fingerprint density at radius 3 is 2.44 bits per heavy atom. The number of amides is 1. The van der Waals surface area contributed by atoms with Crippen molar-refractivity contribution >= 4 is 27.7 Å². The molecule has 0 unspecified atom stereocenters. The number of nitrogens with zero attached hydrogens (tertiary/aromatic N) is 2. The van der Waals surface area contributed by atoms with Crippen LogP contribution in [0.25, 0.3) is 0 Å². The van der Waals surface area contributed by atoms with Crippen LogP contribution in [0.3, 0.4) is 0 Å². The van der Waals surface area contributed by atoms with Crippen molar-refractivity contribution in [2.45, 2.75) is 16.7 Å². The normalized spacial score (nSPS) is 15.7. The van der Waals surface area contributed by atoms with Gasteiger partial charge in [0.25, 0.3) is 5.91 Å². The minimum absolute atomic E-state index is 0.0630. The van der Waals surface area contributed by atoms with E-state index in [9.17, 15) is 17.6 Å². The molecule has 0 radical (unpaired) electrons. The van der Waals surface area contributed by atoms with Crippen LogP contribution in [-0.4, -0.2) is 55.5 Å². The first-order valence-corrected chi connectivity index (χ1v) is 11.1. The average Bonchev–Trinajstić information content (AvgIpc) is 2.68. The van der Waals surface area contributed by atoms with Gasteiger partial charge in [-0.3, -0.25) is 4.79 Å². The molecule has 1 fully saturated rings. The third-order valence-electron chi connectivity index (χ3n) is 4.38. The number of hydrogen-bond acceptors (Lipinski definition) is 4. The molecular weight excluding hydrogens is 387 g/mol. The zero-order chi connectivity index (χ0) is 19.4. The number of thioether (sulfide) groups is 1. The van der Waals surface area contributed by atoms with E-state index in [0.717, 1.165) is 16.7 Å². The van der Waals surface area contributed by atoms with Crippen molar-refractivity contribution in [2.24, 2.45) is 0 Å². The summed E-state index contributed by atoms with van der Waals surface area (Å²) in [7, 11) is -3.76. The highest BCUT2D eigenvalue weighted by molar-refractivity contribution is 7.99. The van der Waals surface area contributed by atoms with Gasteiger partial charge in [-0.1, -0.05) is 25.1 Å².